The topological polar surface area (TPSA) is 46.6 Å². The molecule has 0 atom stereocenters. The van der Waals surface area contributed by atoms with Gasteiger partial charge in [-0.3, -0.25) is 0 Å². The number of sulfonamides is 1. The number of benzene rings is 1. The Balaban J connectivity index is 3.26. The van der Waals surface area contributed by atoms with Crippen molar-refractivity contribution in [3.63, 3.8) is 0 Å². The highest BCUT2D eigenvalue weighted by molar-refractivity contribution is 7.89. The summed E-state index contributed by atoms with van der Waals surface area (Å²) >= 11 is 5.91. The molecule has 4 nitrogen and oxygen atoms in total. The number of hydrogen-bond donors (Lipinski definition) is 0. The summed E-state index contributed by atoms with van der Waals surface area (Å²) in [6, 6.07) is 4.68. The van der Waals surface area contributed by atoms with Crippen LogP contribution in [0.25, 0.3) is 0 Å². The van der Waals surface area contributed by atoms with Crippen molar-refractivity contribution in [3.05, 3.63) is 23.2 Å². The maximum Gasteiger partial charge on any atom is 0.246 e. The summed E-state index contributed by atoms with van der Waals surface area (Å²) in [7, 11) is -3.56. The predicted octanol–water partition coefficient (Wildman–Crippen LogP) is 3.16. The Bertz CT molecular complexity index is 513. The van der Waals surface area contributed by atoms with E-state index in [2.05, 4.69) is 0 Å². The molecule has 0 amide bonds. The normalized spacial score (nSPS) is 11.8. The summed E-state index contributed by atoms with van der Waals surface area (Å²) in [4.78, 5) is 0.136. The molecule has 0 saturated carbocycles. The second-order valence-corrected chi connectivity index (χ2v) is 6.37. The fraction of sp³-hybridized carbons (Fsp3) is 0.538. The van der Waals surface area contributed by atoms with Gasteiger partial charge in [-0.1, -0.05) is 32.4 Å². The van der Waals surface area contributed by atoms with E-state index in [0.29, 0.717) is 30.5 Å². The lowest BCUT2D eigenvalue weighted by molar-refractivity contribution is 0.308. The summed E-state index contributed by atoms with van der Waals surface area (Å²) in [5, 5.41) is 0.384. The van der Waals surface area contributed by atoms with Crippen molar-refractivity contribution in [1.82, 2.24) is 4.31 Å². The summed E-state index contributed by atoms with van der Waals surface area (Å²) in [6.07, 6.45) is 0.813. The molecule has 0 heterocycles. The average molecular weight is 306 g/mol. The first-order valence-corrected chi connectivity index (χ1v) is 8.21. The van der Waals surface area contributed by atoms with Gasteiger partial charge in [-0.25, -0.2) is 8.42 Å². The van der Waals surface area contributed by atoms with E-state index in [1.54, 1.807) is 26.0 Å². The van der Waals surface area contributed by atoms with Gasteiger partial charge >= 0.3 is 0 Å². The molecule has 0 aromatic heterocycles. The van der Waals surface area contributed by atoms with E-state index in [9.17, 15) is 8.42 Å². The molecular formula is C13H20ClNO3S. The molecule has 0 saturated heterocycles. The summed E-state index contributed by atoms with van der Waals surface area (Å²) in [6.45, 7) is 6.88. The van der Waals surface area contributed by atoms with Crippen LogP contribution < -0.4 is 4.74 Å². The molecule has 6 heteroatoms. The molecule has 1 rings (SSSR count). The zero-order chi connectivity index (χ0) is 14.5. The van der Waals surface area contributed by atoms with Gasteiger partial charge < -0.3 is 4.74 Å². The molecule has 0 aliphatic heterocycles. The van der Waals surface area contributed by atoms with E-state index in [4.69, 9.17) is 16.3 Å². The average Bonchev–Trinajstić information content (AvgIpc) is 2.38. The van der Waals surface area contributed by atoms with Gasteiger partial charge in [0.2, 0.25) is 10.0 Å². The fourth-order valence-corrected chi connectivity index (χ4v) is 3.57. The van der Waals surface area contributed by atoms with Crippen LogP contribution in [0.5, 0.6) is 5.75 Å². The third kappa shape index (κ3) is 3.84. The molecule has 19 heavy (non-hydrogen) atoms. The first-order valence-electron chi connectivity index (χ1n) is 6.39. The second-order valence-electron chi connectivity index (χ2n) is 4.03. The maximum atomic E-state index is 12.5. The van der Waals surface area contributed by atoms with Crippen LogP contribution in [-0.4, -0.2) is 32.4 Å². The first kappa shape index (κ1) is 16.3. The molecule has 0 unspecified atom stereocenters. The van der Waals surface area contributed by atoms with Gasteiger partial charge in [-0.2, -0.15) is 4.31 Å². The number of hydrogen-bond acceptors (Lipinski definition) is 3. The number of nitrogens with zero attached hydrogens (tertiary/aromatic N) is 1. The molecule has 0 fully saturated rings. The third-order valence-electron chi connectivity index (χ3n) is 2.69. The van der Waals surface area contributed by atoms with Crippen LogP contribution in [0.1, 0.15) is 27.2 Å². The quantitative estimate of drug-likeness (QED) is 0.777. The van der Waals surface area contributed by atoms with E-state index < -0.39 is 10.0 Å². The van der Waals surface area contributed by atoms with Crippen molar-refractivity contribution < 1.29 is 13.2 Å². The zero-order valence-electron chi connectivity index (χ0n) is 11.5. The van der Waals surface area contributed by atoms with Gasteiger partial charge in [0.1, 0.15) is 10.6 Å². The smallest absolute Gasteiger partial charge is 0.246 e. The van der Waals surface area contributed by atoms with Gasteiger partial charge in [-0.05, 0) is 24.6 Å². The highest BCUT2D eigenvalue weighted by atomic mass is 35.5. The molecule has 0 aliphatic carbocycles. The molecule has 1 aromatic carbocycles. The van der Waals surface area contributed by atoms with Crippen molar-refractivity contribution in [2.24, 2.45) is 0 Å². The lowest BCUT2D eigenvalue weighted by Gasteiger charge is -2.20. The van der Waals surface area contributed by atoms with Gasteiger partial charge in [0.05, 0.1) is 6.61 Å². The number of ether oxygens (including phenoxy) is 1. The van der Waals surface area contributed by atoms with Gasteiger partial charge in [0.15, 0.2) is 0 Å². The minimum Gasteiger partial charge on any atom is -0.492 e. The Labute approximate surface area is 120 Å². The summed E-state index contributed by atoms with van der Waals surface area (Å²) in [5.74, 6) is 0.359. The molecule has 108 valence electrons. The van der Waals surface area contributed by atoms with Crippen LogP contribution >= 0.6 is 11.6 Å². The van der Waals surface area contributed by atoms with Crippen LogP contribution in [0.3, 0.4) is 0 Å². The predicted molar refractivity (Wildman–Crippen MR) is 77.3 cm³/mol. The van der Waals surface area contributed by atoms with Crippen molar-refractivity contribution in [3.8, 4) is 5.75 Å². The lowest BCUT2D eigenvalue weighted by Crippen LogP contribution is -2.31. The Morgan fingerprint density at radius 2 is 1.84 bits per heavy atom. The standard InChI is InChI=1S/C13H20ClNO3S/c1-4-9-18-12-8-7-11(14)10-13(12)19(16,17)15(5-2)6-3/h7-8,10H,4-6,9H2,1-3H3. The van der Waals surface area contributed by atoms with E-state index in [0.717, 1.165) is 6.42 Å². The van der Waals surface area contributed by atoms with Crippen LogP contribution in [0.2, 0.25) is 5.02 Å². The van der Waals surface area contributed by atoms with Gasteiger partial charge in [-0.15, -0.1) is 0 Å². The third-order valence-corrected chi connectivity index (χ3v) is 5.00. The van der Waals surface area contributed by atoms with Gasteiger partial charge in [0, 0.05) is 18.1 Å². The summed E-state index contributed by atoms with van der Waals surface area (Å²) < 4.78 is 31.9. The van der Waals surface area contributed by atoms with E-state index in [-0.39, 0.29) is 4.90 Å². The monoisotopic (exact) mass is 305 g/mol. The van der Waals surface area contributed by atoms with Crippen LogP contribution in [0.4, 0.5) is 0 Å². The molecule has 1 aromatic rings. The highest BCUT2D eigenvalue weighted by Gasteiger charge is 2.25. The minimum atomic E-state index is -3.56. The first-order chi connectivity index (χ1) is 8.97. The van der Waals surface area contributed by atoms with E-state index in [1.165, 1.54) is 10.4 Å². The van der Waals surface area contributed by atoms with Crippen LogP contribution in [0.15, 0.2) is 23.1 Å². The van der Waals surface area contributed by atoms with Crippen molar-refractivity contribution in [2.45, 2.75) is 32.1 Å². The lowest BCUT2D eigenvalue weighted by atomic mass is 10.3. The van der Waals surface area contributed by atoms with E-state index >= 15 is 0 Å². The van der Waals surface area contributed by atoms with Crippen molar-refractivity contribution >= 4 is 21.6 Å². The zero-order valence-corrected chi connectivity index (χ0v) is 13.1. The fourth-order valence-electron chi connectivity index (χ4n) is 1.72. The Kier molecular flexibility index (Phi) is 6.10. The number of halogens is 1. The SMILES string of the molecule is CCCOc1ccc(Cl)cc1S(=O)(=O)N(CC)CC. The molecule has 0 N–H and O–H groups in total. The highest BCUT2D eigenvalue weighted by Crippen LogP contribution is 2.29. The largest absolute Gasteiger partial charge is 0.492 e. The van der Waals surface area contributed by atoms with Crippen LogP contribution in [-0.2, 0) is 10.0 Å². The second kappa shape index (κ2) is 7.12. The van der Waals surface area contributed by atoms with Crippen LogP contribution in [0, 0.1) is 0 Å². The summed E-state index contributed by atoms with van der Waals surface area (Å²) in [5.41, 5.74) is 0. The maximum absolute atomic E-state index is 12.5. The molecule has 0 bridgehead atoms. The number of rotatable bonds is 7. The Morgan fingerprint density at radius 1 is 1.21 bits per heavy atom. The molecule has 0 spiro atoms. The van der Waals surface area contributed by atoms with Crippen molar-refractivity contribution in [2.75, 3.05) is 19.7 Å². The Morgan fingerprint density at radius 3 is 2.37 bits per heavy atom. The molecule has 0 aliphatic rings. The molecule has 0 radical (unpaired) electrons. The minimum absolute atomic E-state index is 0.136. The van der Waals surface area contributed by atoms with E-state index in [1.807, 2.05) is 6.92 Å². The molecular weight excluding hydrogens is 286 g/mol. The van der Waals surface area contributed by atoms with Crippen molar-refractivity contribution in [1.29, 1.82) is 0 Å². The van der Waals surface area contributed by atoms with Gasteiger partial charge in [0.25, 0.3) is 0 Å². The Hall–Kier alpha value is -0.780.